The molecule has 0 amide bonds. The third-order valence-electron chi connectivity index (χ3n) is 1.81. The lowest BCUT2D eigenvalue weighted by atomic mass is 10.1. The van der Waals surface area contributed by atoms with E-state index in [0.717, 1.165) is 10.9 Å². The smallest absolute Gasteiger partial charge is 0.0998 e. The summed E-state index contributed by atoms with van der Waals surface area (Å²) in [6.07, 6.45) is 0. The molecule has 0 aliphatic rings. The Balaban J connectivity index is 2.89. The van der Waals surface area contributed by atoms with Crippen molar-refractivity contribution in [3.8, 4) is 6.07 Å². The van der Waals surface area contributed by atoms with Crippen molar-refractivity contribution in [3.05, 3.63) is 34.7 Å². The zero-order valence-electron chi connectivity index (χ0n) is 6.66. The standard InChI is InChI=1S/C10H7NS/c1-7-5-9-8(6-11)3-2-4-10(9)12-7/h2-5H,1H3. The SMILES string of the molecule is Cc1cc2c(C#N)cccc2s1. The summed E-state index contributed by atoms with van der Waals surface area (Å²) in [5, 5.41) is 9.89. The lowest BCUT2D eigenvalue weighted by Crippen LogP contribution is -1.71. The van der Waals surface area contributed by atoms with Gasteiger partial charge in [-0.1, -0.05) is 6.07 Å². The van der Waals surface area contributed by atoms with Crippen LogP contribution in [0.15, 0.2) is 24.3 Å². The van der Waals surface area contributed by atoms with Crippen LogP contribution < -0.4 is 0 Å². The van der Waals surface area contributed by atoms with Gasteiger partial charge in [0.15, 0.2) is 0 Å². The zero-order valence-corrected chi connectivity index (χ0v) is 7.48. The molecule has 2 rings (SSSR count). The number of nitrogens with zero attached hydrogens (tertiary/aromatic N) is 1. The van der Waals surface area contributed by atoms with Crippen LogP contribution in [0.2, 0.25) is 0 Å². The second-order valence-corrected chi connectivity index (χ2v) is 3.97. The number of fused-ring (bicyclic) bond motifs is 1. The van der Waals surface area contributed by atoms with Gasteiger partial charge in [0.25, 0.3) is 0 Å². The first kappa shape index (κ1) is 7.33. The third kappa shape index (κ3) is 0.992. The van der Waals surface area contributed by atoms with E-state index >= 15 is 0 Å². The van der Waals surface area contributed by atoms with Crippen LogP contribution in [0.5, 0.6) is 0 Å². The molecule has 2 heteroatoms. The van der Waals surface area contributed by atoms with E-state index < -0.39 is 0 Å². The van der Waals surface area contributed by atoms with Gasteiger partial charge < -0.3 is 0 Å². The van der Waals surface area contributed by atoms with Crippen LogP contribution in [0.25, 0.3) is 10.1 Å². The first-order valence-electron chi connectivity index (χ1n) is 3.70. The molecule has 0 N–H and O–H groups in total. The molecule has 0 atom stereocenters. The van der Waals surface area contributed by atoms with Crippen LogP contribution in [0.1, 0.15) is 10.4 Å². The average molecular weight is 173 g/mol. The second kappa shape index (κ2) is 2.62. The number of aryl methyl sites for hydroxylation is 1. The largest absolute Gasteiger partial charge is 0.192 e. The van der Waals surface area contributed by atoms with Gasteiger partial charge in [-0.2, -0.15) is 5.26 Å². The van der Waals surface area contributed by atoms with Gasteiger partial charge in [-0.15, -0.1) is 11.3 Å². The molecule has 0 aliphatic carbocycles. The Morgan fingerprint density at radius 3 is 3.00 bits per heavy atom. The van der Waals surface area contributed by atoms with Crippen molar-refractivity contribution < 1.29 is 0 Å². The predicted molar refractivity (Wildman–Crippen MR) is 51.3 cm³/mol. The van der Waals surface area contributed by atoms with Crippen LogP contribution in [0.4, 0.5) is 0 Å². The van der Waals surface area contributed by atoms with Gasteiger partial charge in [0.1, 0.15) is 0 Å². The molecule has 58 valence electrons. The van der Waals surface area contributed by atoms with Gasteiger partial charge in [0, 0.05) is 15.0 Å². The van der Waals surface area contributed by atoms with E-state index in [1.165, 1.54) is 9.58 Å². The lowest BCUT2D eigenvalue weighted by molar-refractivity contribution is 1.51. The summed E-state index contributed by atoms with van der Waals surface area (Å²) >= 11 is 1.73. The Morgan fingerprint density at radius 1 is 1.42 bits per heavy atom. The molecule has 12 heavy (non-hydrogen) atoms. The molecule has 1 aromatic carbocycles. The summed E-state index contributed by atoms with van der Waals surface area (Å²) in [6, 6.07) is 10.1. The highest BCUT2D eigenvalue weighted by atomic mass is 32.1. The predicted octanol–water partition coefficient (Wildman–Crippen LogP) is 3.08. The van der Waals surface area contributed by atoms with Crippen LogP contribution in [0.3, 0.4) is 0 Å². The van der Waals surface area contributed by atoms with E-state index in [9.17, 15) is 0 Å². The number of hydrogen-bond acceptors (Lipinski definition) is 2. The Bertz CT molecular complexity index is 462. The number of rotatable bonds is 0. The van der Waals surface area contributed by atoms with E-state index in [2.05, 4.69) is 19.1 Å². The fourth-order valence-corrected chi connectivity index (χ4v) is 2.23. The average Bonchev–Trinajstić information content (AvgIpc) is 2.44. The van der Waals surface area contributed by atoms with Gasteiger partial charge in [-0.05, 0) is 25.1 Å². The fraction of sp³-hybridized carbons (Fsp3) is 0.100. The van der Waals surface area contributed by atoms with E-state index in [1.807, 2.05) is 18.2 Å². The van der Waals surface area contributed by atoms with Crippen LogP contribution in [-0.2, 0) is 0 Å². The monoisotopic (exact) mass is 173 g/mol. The molecule has 0 bridgehead atoms. The molecule has 0 unspecified atom stereocenters. The van der Waals surface area contributed by atoms with Gasteiger partial charge in [0.05, 0.1) is 11.6 Å². The van der Waals surface area contributed by atoms with Crippen LogP contribution >= 0.6 is 11.3 Å². The first-order valence-corrected chi connectivity index (χ1v) is 4.52. The number of nitriles is 1. The van der Waals surface area contributed by atoms with E-state index in [1.54, 1.807) is 11.3 Å². The lowest BCUT2D eigenvalue weighted by Gasteiger charge is -1.89. The molecule has 0 spiro atoms. The van der Waals surface area contributed by atoms with Gasteiger partial charge in [-0.25, -0.2) is 0 Å². The molecular weight excluding hydrogens is 166 g/mol. The van der Waals surface area contributed by atoms with Crippen molar-refractivity contribution in [2.75, 3.05) is 0 Å². The Kier molecular flexibility index (Phi) is 1.60. The molecule has 2 aromatic rings. The van der Waals surface area contributed by atoms with Crippen molar-refractivity contribution in [2.24, 2.45) is 0 Å². The molecule has 0 saturated heterocycles. The molecule has 0 radical (unpaired) electrons. The maximum absolute atomic E-state index is 8.80. The van der Waals surface area contributed by atoms with Crippen LogP contribution in [0, 0.1) is 18.3 Å². The Morgan fingerprint density at radius 2 is 2.25 bits per heavy atom. The molecule has 1 nitrogen and oxygen atoms in total. The van der Waals surface area contributed by atoms with E-state index in [4.69, 9.17) is 5.26 Å². The maximum Gasteiger partial charge on any atom is 0.0998 e. The molecule has 0 fully saturated rings. The first-order chi connectivity index (χ1) is 5.81. The topological polar surface area (TPSA) is 23.8 Å². The molecule has 0 saturated carbocycles. The highest BCUT2D eigenvalue weighted by molar-refractivity contribution is 7.19. The minimum Gasteiger partial charge on any atom is -0.192 e. The normalized spacial score (nSPS) is 10.0. The van der Waals surface area contributed by atoms with E-state index in [-0.39, 0.29) is 0 Å². The van der Waals surface area contributed by atoms with Crippen molar-refractivity contribution >= 4 is 21.4 Å². The minimum absolute atomic E-state index is 0.775. The highest BCUT2D eigenvalue weighted by Gasteiger charge is 2.01. The minimum atomic E-state index is 0.775. The molecule has 0 aliphatic heterocycles. The van der Waals surface area contributed by atoms with Gasteiger partial charge >= 0.3 is 0 Å². The van der Waals surface area contributed by atoms with Gasteiger partial charge in [-0.3, -0.25) is 0 Å². The summed E-state index contributed by atoms with van der Waals surface area (Å²) < 4.78 is 1.20. The summed E-state index contributed by atoms with van der Waals surface area (Å²) in [6.45, 7) is 2.06. The summed E-state index contributed by atoms with van der Waals surface area (Å²) in [5.41, 5.74) is 0.775. The van der Waals surface area contributed by atoms with Crippen molar-refractivity contribution in [3.63, 3.8) is 0 Å². The van der Waals surface area contributed by atoms with E-state index in [0.29, 0.717) is 0 Å². The third-order valence-corrected chi connectivity index (χ3v) is 2.82. The highest BCUT2D eigenvalue weighted by Crippen LogP contribution is 2.27. The summed E-state index contributed by atoms with van der Waals surface area (Å²) in [7, 11) is 0. The van der Waals surface area contributed by atoms with Crippen molar-refractivity contribution in [1.29, 1.82) is 5.26 Å². The van der Waals surface area contributed by atoms with Crippen LogP contribution in [-0.4, -0.2) is 0 Å². The summed E-state index contributed by atoms with van der Waals surface area (Å²) in [5.74, 6) is 0. The number of benzene rings is 1. The Labute approximate surface area is 74.9 Å². The van der Waals surface area contributed by atoms with Crippen molar-refractivity contribution in [1.82, 2.24) is 0 Å². The summed E-state index contributed by atoms with van der Waals surface area (Å²) in [4.78, 5) is 1.26. The number of thiophene rings is 1. The Hall–Kier alpha value is -1.33. The quantitative estimate of drug-likeness (QED) is 0.600. The maximum atomic E-state index is 8.80. The second-order valence-electron chi connectivity index (χ2n) is 2.69. The zero-order chi connectivity index (χ0) is 8.55. The molecule has 1 heterocycles. The number of hydrogen-bond donors (Lipinski definition) is 0. The fourth-order valence-electron chi connectivity index (χ4n) is 1.29. The molecular formula is C10H7NS. The van der Waals surface area contributed by atoms with Gasteiger partial charge in [0.2, 0.25) is 0 Å². The molecule has 1 aromatic heterocycles. The van der Waals surface area contributed by atoms with Crippen molar-refractivity contribution in [2.45, 2.75) is 6.92 Å².